The van der Waals surface area contributed by atoms with Gasteiger partial charge in [0.2, 0.25) is 0 Å². The SMILES string of the molecule is CC(C)CCCCCCC(C)(C)C.CCC(C)CC(C)C(C)CCC(C)(C)C.CCC(C)CC(C)CCCC(C)(C)C.CCC(CC)CC(C)CCCC(C)(C)C.CCCC(C)C(C)CCCC(C)(C)C.CCCCC(C)(C)CCCC(C)(C)C.CCCCC(C)C(C)CCC(C)(C)C.CCCCCC(C)(C)CCC(C)(C)C. The van der Waals surface area contributed by atoms with Gasteiger partial charge < -0.3 is 0 Å². The fourth-order valence-electron chi connectivity index (χ4n) is 15.1. The fraction of sp³-hybridized carbons (Fsp3) is 1.00. The van der Waals surface area contributed by atoms with Crippen LogP contribution >= 0.6 is 0 Å². The van der Waals surface area contributed by atoms with Crippen molar-refractivity contribution >= 4 is 0 Å². The van der Waals surface area contributed by atoms with Gasteiger partial charge in [-0.15, -0.1) is 0 Å². The van der Waals surface area contributed by atoms with Crippen molar-refractivity contribution in [3.63, 3.8) is 0 Å². The van der Waals surface area contributed by atoms with E-state index in [4.69, 9.17) is 0 Å². The Hall–Kier alpha value is 0. The van der Waals surface area contributed by atoms with E-state index >= 15 is 0 Å². The van der Waals surface area contributed by atoms with Gasteiger partial charge in [-0.05, 0) is 234 Å². The average Bonchev–Trinajstić information content (AvgIpc) is 0.915. The van der Waals surface area contributed by atoms with Crippen molar-refractivity contribution in [3.05, 3.63) is 0 Å². The first kappa shape index (κ1) is 129. The van der Waals surface area contributed by atoms with Gasteiger partial charge in [-0.3, -0.25) is 0 Å². The van der Waals surface area contributed by atoms with Crippen LogP contribution in [0.1, 0.15) is 608 Å². The zero-order valence-electron chi connectivity index (χ0n) is 90.3. The predicted octanol–water partition coefficient (Wildman–Crippen LogP) is 42.9. The van der Waals surface area contributed by atoms with Crippen molar-refractivity contribution in [2.24, 2.45) is 125 Å². The molecule has 0 aromatic rings. The Morgan fingerprint density at radius 3 is 0.823 bits per heavy atom. The Morgan fingerprint density at radius 2 is 0.460 bits per heavy atom. The molecule has 0 heteroatoms. The zero-order valence-corrected chi connectivity index (χ0v) is 90.3. The van der Waals surface area contributed by atoms with E-state index in [2.05, 4.69) is 332 Å². The third kappa shape index (κ3) is 116. The van der Waals surface area contributed by atoms with Crippen LogP contribution in [-0.4, -0.2) is 0 Å². The van der Waals surface area contributed by atoms with Crippen molar-refractivity contribution in [1.29, 1.82) is 0 Å². The molecule has 0 aromatic heterocycles. The molecular weight excluding hydrogens is 1360 g/mol. The van der Waals surface area contributed by atoms with Crippen LogP contribution in [0.3, 0.4) is 0 Å². The predicted molar refractivity (Wildman–Crippen MR) is 537 cm³/mol. The van der Waals surface area contributed by atoms with E-state index in [1.165, 1.54) is 276 Å². The average molecular weight is 1600 g/mol. The summed E-state index contributed by atoms with van der Waals surface area (Å²) in [6.45, 7) is 113. The molecule has 10 atom stereocenters. The van der Waals surface area contributed by atoms with E-state index in [0.29, 0.717) is 54.1 Å². The molecule has 0 aliphatic rings. The lowest BCUT2D eigenvalue weighted by Gasteiger charge is -2.29. The molecule has 0 amide bonds. The fourth-order valence-corrected chi connectivity index (χ4v) is 15.1. The van der Waals surface area contributed by atoms with Crippen LogP contribution in [-0.2, 0) is 0 Å². The molecule has 0 saturated carbocycles. The number of unbranched alkanes of at least 4 members (excludes halogenated alkanes) is 7. The first-order valence-electron chi connectivity index (χ1n) is 51.2. The summed E-state index contributed by atoms with van der Waals surface area (Å²) in [4.78, 5) is 0. The van der Waals surface area contributed by atoms with Crippen LogP contribution < -0.4 is 0 Å². The lowest BCUT2D eigenvalue weighted by Crippen LogP contribution is -2.16. The lowest BCUT2D eigenvalue weighted by molar-refractivity contribution is 0.235. The van der Waals surface area contributed by atoms with E-state index < -0.39 is 0 Å². The summed E-state index contributed by atoms with van der Waals surface area (Å²) in [6.07, 6.45) is 59.7. The molecular formula is C113H242. The maximum atomic E-state index is 2.43. The van der Waals surface area contributed by atoms with E-state index in [1.54, 1.807) is 0 Å². The second-order valence-electron chi connectivity index (χ2n) is 51.3. The molecule has 0 heterocycles. The quantitative estimate of drug-likeness (QED) is 0.0533. The number of hydrogen-bond donors (Lipinski definition) is 0. The van der Waals surface area contributed by atoms with Crippen molar-refractivity contribution in [2.75, 3.05) is 0 Å². The van der Waals surface area contributed by atoms with Gasteiger partial charge in [0.25, 0.3) is 0 Å². The minimum Gasteiger partial charge on any atom is -0.0654 e. The minimum absolute atomic E-state index is 0.502. The maximum Gasteiger partial charge on any atom is -0.0354 e. The highest BCUT2D eigenvalue weighted by atomic mass is 14.3. The first-order chi connectivity index (χ1) is 51.2. The van der Waals surface area contributed by atoms with Gasteiger partial charge in [0.1, 0.15) is 0 Å². The lowest BCUT2D eigenvalue weighted by atomic mass is 9.77. The molecule has 0 radical (unpaired) electrons. The third-order valence-electron chi connectivity index (χ3n) is 25.5. The minimum atomic E-state index is 0.502. The molecule has 10 unspecified atom stereocenters. The van der Waals surface area contributed by atoms with Crippen LogP contribution in [0.15, 0.2) is 0 Å². The van der Waals surface area contributed by atoms with Gasteiger partial charge in [-0.1, -0.05) is 499 Å². The van der Waals surface area contributed by atoms with Gasteiger partial charge in [0.15, 0.2) is 0 Å². The van der Waals surface area contributed by atoms with E-state index in [0.717, 1.165) is 71.0 Å². The van der Waals surface area contributed by atoms with Gasteiger partial charge >= 0.3 is 0 Å². The Kier molecular flexibility index (Phi) is 81.3. The van der Waals surface area contributed by atoms with Crippen LogP contribution in [0.25, 0.3) is 0 Å². The van der Waals surface area contributed by atoms with Crippen LogP contribution in [0.5, 0.6) is 0 Å². The maximum absolute atomic E-state index is 2.43. The molecule has 0 aliphatic carbocycles. The van der Waals surface area contributed by atoms with Crippen molar-refractivity contribution < 1.29 is 0 Å². The van der Waals surface area contributed by atoms with Gasteiger partial charge in [0.05, 0.1) is 0 Å². The van der Waals surface area contributed by atoms with Crippen molar-refractivity contribution in [3.8, 4) is 0 Å². The summed E-state index contributed by atoms with van der Waals surface area (Å²) in [7, 11) is 0. The Balaban J connectivity index is -0.000000186. The standard InChI is InChI=1S/2C15H32.5C14H30.C13H28/c1-8-12(2)11-14(4)13(3)9-10-15(5,6)7;1-7-14(8-2)12-13(3)10-9-11-15(4,5)6;1-7-12(2)11-13(3)9-8-10-14(4,5)6;1-7-9-12(2)13(3)10-8-11-14(4,5)6;1-7-8-11-14(5,6)12-9-10-13(2,3)4;1-7-8-9-12(2)13(3)10-11-14(4,5)6;1-7-8-9-10-14(5,6)12-11-13(2,3)4;1-12(2)10-8-6-7-9-11-13(3,4)5/h12-14H,8-11H2,1-7H3;13-14H,7-12H2,1-6H3;2*12-13H,7-11H2,1-6H3;7-12H2,1-6H3;12-13H,7-11H2,1-6H3;7-12H2,1-6H3;12H,6-11H2,1-5H3. The number of rotatable bonds is 49. The molecule has 0 fully saturated rings. The molecule has 0 nitrogen and oxygen atoms in total. The van der Waals surface area contributed by atoms with Gasteiger partial charge in [0, 0.05) is 0 Å². The highest BCUT2D eigenvalue weighted by Crippen LogP contribution is 2.38. The molecule has 0 aromatic carbocycles. The second kappa shape index (κ2) is 71.4. The summed E-state index contributed by atoms with van der Waals surface area (Å²) < 4.78 is 0. The Labute approximate surface area is 729 Å². The smallest absolute Gasteiger partial charge is 0.0354 e. The van der Waals surface area contributed by atoms with E-state index in [-0.39, 0.29) is 0 Å². The molecule has 0 aliphatic heterocycles. The molecule has 0 N–H and O–H groups in total. The van der Waals surface area contributed by atoms with Crippen LogP contribution in [0, 0.1) is 125 Å². The van der Waals surface area contributed by atoms with Crippen molar-refractivity contribution in [2.45, 2.75) is 608 Å². The summed E-state index contributed by atoms with van der Waals surface area (Å²) in [5.41, 5.74) is 5.27. The van der Waals surface area contributed by atoms with Crippen LogP contribution in [0.2, 0.25) is 0 Å². The summed E-state index contributed by atoms with van der Waals surface area (Å²) >= 11 is 0. The zero-order chi connectivity index (χ0) is 90.3. The molecule has 0 saturated heterocycles. The van der Waals surface area contributed by atoms with Gasteiger partial charge in [-0.25, -0.2) is 0 Å². The second-order valence-corrected chi connectivity index (χ2v) is 51.3. The van der Waals surface area contributed by atoms with Gasteiger partial charge in [-0.2, -0.15) is 0 Å². The first-order valence-corrected chi connectivity index (χ1v) is 51.2. The van der Waals surface area contributed by atoms with E-state index in [9.17, 15) is 0 Å². The van der Waals surface area contributed by atoms with E-state index in [1.807, 2.05) is 0 Å². The van der Waals surface area contributed by atoms with Crippen LogP contribution in [0.4, 0.5) is 0 Å². The molecule has 0 spiro atoms. The normalized spacial score (nSPS) is 15.3. The Bertz CT molecular complexity index is 1890. The molecule has 694 valence electrons. The largest absolute Gasteiger partial charge is 0.0654 e. The van der Waals surface area contributed by atoms with Crippen molar-refractivity contribution in [1.82, 2.24) is 0 Å². The third-order valence-corrected chi connectivity index (χ3v) is 25.5. The highest BCUT2D eigenvalue weighted by molar-refractivity contribution is 4.76. The highest BCUT2D eigenvalue weighted by Gasteiger charge is 2.24. The topological polar surface area (TPSA) is 0 Å². The summed E-state index contributed by atoms with van der Waals surface area (Å²) in [5, 5.41) is 0. The number of hydrogen-bond acceptors (Lipinski definition) is 0. The summed E-state index contributed by atoms with van der Waals surface area (Å²) in [5.74, 6) is 11.0. The monoisotopic (exact) mass is 1600 g/mol. The molecule has 113 heavy (non-hydrogen) atoms. The molecule has 0 rings (SSSR count). The molecule has 0 bridgehead atoms. The Morgan fingerprint density at radius 1 is 0.168 bits per heavy atom. The summed E-state index contributed by atoms with van der Waals surface area (Å²) in [6, 6.07) is 0.